The largest absolute Gasteiger partial charge is 0.349 e. The normalized spacial score (nSPS) is 14.7. The first-order valence-corrected chi connectivity index (χ1v) is 6.21. The summed E-state index contributed by atoms with van der Waals surface area (Å²) in [5.74, 6) is -0.244. The summed E-state index contributed by atoms with van der Waals surface area (Å²) in [6.45, 7) is 4.02. The van der Waals surface area contributed by atoms with Gasteiger partial charge in [0.25, 0.3) is 11.5 Å². The second-order valence-electron chi connectivity index (χ2n) is 4.47. The Morgan fingerprint density at radius 3 is 2.65 bits per heavy atom. The maximum absolute atomic E-state index is 11.9. The van der Waals surface area contributed by atoms with Gasteiger partial charge in [0, 0.05) is 11.7 Å². The Hall–Kier alpha value is -1.58. The van der Waals surface area contributed by atoms with Crippen LogP contribution in [0.2, 0.25) is 0 Å². The number of aromatic amines is 1. The number of aromatic nitrogens is 1. The summed E-state index contributed by atoms with van der Waals surface area (Å²) in [6, 6.07) is 2.01. The number of amides is 1. The molecule has 0 saturated heterocycles. The molecular formula is C13H18N2O2. The van der Waals surface area contributed by atoms with Crippen LogP contribution in [0.25, 0.3) is 0 Å². The second kappa shape index (κ2) is 4.73. The molecule has 4 nitrogen and oxygen atoms in total. The fourth-order valence-electron chi connectivity index (χ4n) is 1.90. The van der Waals surface area contributed by atoms with E-state index in [4.69, 9.17) is 0 Å². The highest BCUT2D eigenvalue weighted by molar-refractivity contribution is 5.94. The minimum Gasteiger partial charge on any atom is -0.349 e. The van der Waals surface area contributed by atoms with Crippen LogP contribution in [-0.2, 0) is 12.8 Å². The van der Waals surface area contributed by atoms with E-state index in [-0.39, 0.29) is 23.1 Å². The molecule has 1 aromatic rings. The maximum Gasteiger partial charge on any atom is 0.261 e. The topological polar surface area (TPSA) is 62.0 Å². The monoisotopic (exact) mass is 234 g/mol. The van der Waals surface area contributed by atoms with Crippen LogP contribution in [0.15, 0.2) is 10.9 Å². The first-order chi connectivity index (χ1) is 8.15. The van der Waals surface area contributed by atoms with Crippen molar-refractivity contribution < 1.29 is 4.79 Å². The summed E-state index contributed by atoms with van der Waals surface area (Å²) in [4.78, 5) is 26.4. The lowest BCUT2D eigenvalue weighted by Crippen LogP contribution is -2.31. The SMILES string of the molecule is CCc1cc(C(=O)NC2CC2)c(=O)[nH]c1CC. The molecule has 17 heavy (non-hydrogen) atoms. The lowest BCUT2D eigenvalue weighted by molar-refractivity contribution is 0.0949. The molecule has 0 bridgehead atoms. The van der Waals surface area contributed by atoms with Gasteiger partial charge >= 0.3 is 0 Å². The first-order valence-electron chi connectivity index (χ1n) is 6.21. The van der Waals surface area contributed by atoms with Crippen molar-refractivity contribution in [2.24, 2.45) is 0 Å². The number of aryl methyl sites for hydroxylation is 2. The molecule has 0 radical (unpaired) electrons. The highest BCUT2D eigenvalue weighted by Crippen LogP contribution is 2.19. The van der Waals surface area contributed by atoms with Crippen molar-refractivity contribution in [1.29, 1.82) is 0 Å². The lowest BCUT2D eigenvalue weighted by Gasteiger charge is -2.08. The van der Waals surface area contributed by atoms with Gasteiger partial charge in [-0.25, -0.2) is 0 Å². The molecule has 0 aromatic carbocycles. The molecule has 1 saturated carbocycles. The third-order valence-electron chi connectivity index (χ3n) is 3.11. The minimum absolute atomic E-state index is 0.242. The minimum atomic E-state index is -0.280. The van der Waals surface area contributed by atoms with Crippen LogP contribution in [0.5, 0.6) is 0 Å². The Bertz CT molecular complexity index is 487. The van der Waals surface area contributed by atoms with Crippen molar-refractivity contribution in [1.82, 2.24) is 10.3 Å². The smallest absolute Gasteiger partial charge is 0.261 e. The Labute approximate surface area is 100 Å². The molecule has 0 aliphatic heterocycles. The fraction of sp³-hybridized carbons (Fsp3) is 0.538. The molecule has 1 aliphatic rings. The molecule has 92 valence electrons. The summed E-state index contributed by atoms with van der Waals surface area (Å²) in [5.41, 5.74) is 1.94. The number of rotatable bonds is 4. The van der Waals surface area contributed by atoms with Crippen LogP contribution in [0, 0.1) is 0 Å². The van der Waals surface area contributed by atoms with Crippen LogP contribution in [-0.4, -0.2) is 16.9 Å². The molecule has 1 heterocycles. The quantitative estimate of drug-likeness (QED) is 0.827. The molecule has 1 fully saturated rings. The van der Waals surface area contributed by atoms with Crippen LogP contribution in [0.1, 0.15) is 48.3 Å². The molecule has 2 rings (SSSR count). The van der Waals surface area contributed by atoms with E-state index in [1.165, 1.54) is 0 Å². The number of nitrogens with one attached hydrogen (secondary N) is 2. The van der Waals surface area contributed by atoms with Gasteiger partial charge < -0.3 is 10.3 Å². The molecule has 4 heteroatoms. The Kier molecular flexibility index (Phi) is 3.31. The van der Waals surface area contributed by atoms with E-state index in [1.807, 2.05) is 13.8 Å². The van der Waals surface area contributed by atoms with Crippen LogP contribution in [0.3, 0.4) is 0 Å². The maximum atomic E-state index is 11.9. The number of hydrogen-bond acceptors (Lipinski definition) is 2. The van der Waals surface area contributed by atoms with Crippen LogP contribution >= 0.6 is 0 Å². The Morgan fingerprint density at radius 2 is 2.12 bits per heavy atom. The van der Waals surface area contributed by atoms with Gasteiger partial charge in [-0.2, -0.15) is 0 Å². The fourth-order valence-corrected chi connectivity index (χ4v) is 1.90. The number of hydrogen-bond donors (Lipinski definition) is 2. The van der Waals surface area contributed by atoms with Gasteiger partial charge in [-0.05, 0) is 37.3 Å². The van der Waals surface area contributed by atoms with Gasteiger partial charge in [-0.1, -0.05) is 13.8 Å². The number of carbonyl (C=O) groups excluding carboxylic acids is 1. The van der Waals surface area contributed by atoms with E-state index >= 15 is 0 Å². The van der Waals surface area contributed by atoms with E-state index in [1.54, 1.807) is 6.07 Å². The first kappa shape index (κ1) is 11.9. The van der Waals surface area contributed by atoms with E-state index in [0.29, 0.717) is 0 Å². The van der Waals surface area contributed by atoms with E-state index in [0.717, 1.165) is 36.9 Å². The number of carbonyl (C=O) groups is 1. The predicted molar refractivity (Wildman–Crippen MR) is 66.3 cm³/mol. The van der Waals surface area contributed by atoms with Crippen molar-refractivity contribution in [2.75, 3.05) is 0 Å². The highest BCUT2D eigenvalue weighted by Gasteiger charge is 2.25. The van der Waals surface area contributed by atoms with Gasteiger partial charge in [-0.3, -0.25) is 9.59 Å². The molecule has 0 atom stereocenters. The molecule has 1 aromatic heterocycles. The van der Waals surface area contributed by atoms with Crippen molar-refractivity contribution in [3.05, 3.63) is 33.2 Å². The summed E-state index contributed by atoms with van der Waals surface area (Å²) >= 11 is 0. The van der Waals surface area contributed by atoms with E-state index in [9.17, 15) is 9.59 Å². The molecule has 0 spiro atoms. The van der Waals surface area contributed by atoms with Gasteiger partial charge in [0.05, 0.1) is 0 Å². The van der Waals surface area contributed by atoms with Crippen LogP contribution in [0.4, 0.5) is 0 Å². The van der Waals surface area contributed by atoms with E-state index in [2.05, 4.69) is 10.3 Å². The third-order valence-corrected chi connectivity index (χ3v) is 3.11. The summed E-state index contributed by atoms with van der Waals surface area (Å²) in [6.07, 6.45) is 3.65. The highest BCUT2D eigenvalue weighted by atomic mass is 16.2. The van der Waals surface area contributed by atoms with Gasteiger partial charge in [-0.15, -0.1) is 0 Å². The van der Waals surface area contributed by atoms with Crippen molar-refractivity contribution in [3.8, 4) is 0 Å². The van der Waals surface area contributed by atoms with E-state index < -0.39 is 0 Å². The standard InChI is InChI=1S/C13H18N2O2/c1-3-8-7-10(12(16)14-9-5-6-9)13(17)15-11(8)4-2/h7,9H,3-6H2,1-2H3,(H,14,16)(H,15,17). The second-order valence-corrected chi connectivity index (χ2v) is 4.47. The summed E-state index contributed by atoms with van der Waals surface area (Å²) < 4.78 is 0. The Balaban J connectivity index is 2.32. The van der Waals surface area contributed by atoms with Crippen molar-refractivity contribution in [3.63, 3.8) is 0 Å². The number of pyridine rings is 1. The average molecular weight is 234 g/mol. The number of H-pyrrole nitrogens is 1. The summed E-state index contributed by atoms with van der Waals surface area (Å²) in [5, 5.41) is 2.84. The molecule has 1 aliphatic carbocycles. The molecule has 2 N–H and O–H groups in total. The average Bonchev–Trinajstić information content (AvgIpc) is 3.12. The van der Waals surface area contributed by atoms with Gasteiger partial charge in [0.15, 0.2) is 0 Å². The molecular weight excluding hydrogens is 216 g/mol. The predicted octanol–water partition coefficient (Wildman–Crippen LogP) is 1.39. The van der Waals surface area contributed by atoms with Crippen LogP contribution < -0.4 is 10.9 Å². The Morgan fingerprint density at radius 1 is 1.41 bits per heavy atom. The van der Waals surface area contributed by atoms with Gasteiger partial charge in [0.2, 0.25) is 0 Å². The molecule has 0 unspecified atom stereocenters. The van der Waals surface area contributed by atoms with Crippen molar-refractivity contribution >= 4 is 5.91 Å². The van der Waals surface area contributed by atoms with Gasteiger partial charge in [0.1, 0.15) is 5.56 Å². The molecule has 1 amide bonds. The zero-order chi connectivity index (χ0) is 12.4. The lowest BCUT2D eigenvalue weighted by atomic mass is 10.1. The third kappa shape index (κ3) is 2.57. The zero-order valence-corrected chi connectivity index (χ0v) is 10.3. The zero-order valence-electron chi connectivity index (χ0n) is 10.3. The summed E-state index contributed by atoms with van der Waals surface area (Å²) in [7, 11) is 0. The van der Waals surface area contributed by atoms with Crippen molar-refractivity contribution in [2.45, 2.75) is 45.6 Å².